The number of carbonyl (C=O) groups excluding carboxylic acids is 3. The molecule has 0 atom stereocenters. The van der Waals surface area contributed by atoms with Crippen molar-refractivity contribution in [2.75, 3.05) is 20.8 Å². The first-order valence-corrected chi connectivity index (χ1v) is 7.76. The van der Waals surface area contributed by atoms with Crippen LogP contribution in [-0.4, -0.2) is 48.6 Å². The topological polar surface area (TPSA) is 105 Å². The van der Waals surface area contributed by atoms with Crippen LogP contribution in [-0.2, 0) is 9.59 Å². The molecule has 1 fully saturated rings. The van der Waals surface area contributed by atoms with E-state index in [2.05, 4.69) is 5.32 Å². The van der Waals surface area contributed by atoms with Crippen molar-refractivity contribution in [3.05, 3.63) is 23.3 Å². The van der Waals surface area contributed by atoms with Gasteiger partial charge in [-0.2, -0.15) is 0 Å². The van der Waals surface area contributed by atoms with Crippen LogP contribution in [0.1, 0.15) is 25.3 Å². The lowest BCUT2D eigenvalue weighted by Gasteiger charge is -2.26. The highest BCUT2D eigenvalue weighted by Crippen LogP contribution is 2.37. The molecule has 0 unspecified atom stereocenters. The van der Waals surface area contributed by atoms with Crippen LogP contribution in [0.2, 0.25) is 0 Å². The van der Waals surface area contributed by atoms with Crippen molar-refractivity contribution in [2.24, 2.45) is 0 Å². The Morgan fingerprint density at radius 1 is 1.16 bits per heavy atom. The number of unbranched alkanes of at least 4 members (excludes halogenated alkanes) is 1. The Labute approximate surface area is 145 Å². The van der Waals surface area contributed by atoms with Gasteiger partial charge >= 0.3 is 6.03 Å². The fourth-order valence-corrected chi connectivity index (χ4v) is 2.38. The normalized spacial score (nSPS) is 16.2. The van der Waals surface area contributed by atoms with Crippen LogP contribution in [0.5, 0.6) is 17.2 Å². The number of hydrogen-bond acceptors (Lipinski definition) is 6. The molecule has 8 nitrogen and oxygen atoms in total. The van der Waals surface area contributed by atoms with E-state index in [0.29, 0.717) is 12.0 Å². The molecule has 1 aliphatic heterocycles. The van der Waals surface area contributed by atoms with Crippen LogP contribution in [0.15, 0.2) is 17.7 Å². The van der Waals surface area contributed by atoms with Crippen molar-refractivity contribution in [3.8, 4) is 17.2 Å². The smallest absolute Gasteiger partial charge is 0.331 e. The maximum atomic E-state index is 12.5. The molecule has 0 aliphatic carbocycles. The van der Waals surface area contributed by atoms with Gasteiger partial charge in [0.1, 0.15) is 5.57 Å². The summed E-state index contributed by atoms with van der Waals surface area (Å²) in [4.78, 5) is 37.4. The van der Waals surface area contributed by atoms with Gasteiger partial charge in [-0.1, -0.05) is 13.3 Å². The fourth-order valence-electron chi connectivity index (χ4n) is 2.38. The summed E-state index contributed by atoms with van der Waals surface area (Å²) in [6.45, 7) is 2.16. The Kier molecular flexibility index (Phi) is 5.63. The molecule has 8 heteroatoms. The first-order chi connectivity index (χ1) is 11.9. The zero-order chi connectivity index (χ0) is 18.6. The molecule has 1 aromatic rings. The summed E-state index contributed by atoms with van der Waals surface area (Å²) in [6.07, 6.45) is 2.77. The molecule has 1 heterocycles. The third-order valence-corrected chi connectivity index (χ3v) is 3.73. The maximum Gasteiger partial charge on any atom is 0.331 e. The molecule has 4 amide bonds. The van der Waals surface area contributed by atoms with E-state index in [4.69, 9.17) is 9.47 Å². The average Bonchev–Trinajstić information content (AvgIpc) is 2.59. The van der Waals surface area contributed by atoms with Crippen LogP contribution in [0.4, 0.5) is 4.79 Å². The van der Waals surface area contributed by atoms with Crippen molar-refractivity contribution < 1.29 is 29.0 Å². The number of methoxy groups -OCH3 is 2. The molecule has 1 aromatic carbocycles. The molecule has 1 saturated heterocycles. The van der Waals surface area contributed by atoms with E-state index in [9.17, 15) is 19.5 Å². The third kappa shape index (κ3) is 3.73. The summed E-state index contributed by atoms with van der Waals surface area (Å²) >= 11 is 0. The number of ether oxygens (including phenoxy) is 2. The summed E-state index contributed by atoms with van der Waals surface area (Å²) in [5.74, 6) is -1.35. The summed E-state index contributed by atoms with van der Waals surface area (Å²) < 4.78 is 10.1. The lowest BCUT2D eigenvalue weighted by Crippen LogP contribution is -2.54. The van der Waals surface area contributed by atoms with Crippen molar-refractivity contribution >= 4 is 23.9 Å². The Morgan fingerprint density at radius 2 is 1.76 bits per heavy atom. The Bertz CT molecular complexity index is 716. The number of urea groups is 1. The van der Waals surface area contributed by atoms with Gasteiger partial charge in [0.2, 0.25) is 5.75 Å². The zero-order valence-corrected chi connectivity index (χ0v) is 14.3. The number of rotatable bonds is 6. The minimum atomic E-state index is -0.770. The molecule has 0 saturated carbocycles. The quantitative estimate of drug-likeness (QED) is 0.598. The van der Waals surface area contributed by atoms with Gasteiger partial charge in [0.05, 0.1) is 14.2 Å². The predicted molar refractivity (Wildman–Crippen MR) is 89.3 cm³/mol. The molecule has 0 aromatic heterocycles. The number of imide groups is 2. The van der Waals surface area contributed by atoms with Crippen molar-refractivity contribution in [2.45, 2.75) is 19.8 Å². The Morgan fingerprint density at radius 3 is 2.28 bits per heavy atom. The number of benzene rings is 1. The van der Waals surface area contributed by atoms with E-state index in [1.807, 2.05) is 6.92 Å². The van der Waals surface area contributed by atoms with Crippen molar-refractivity contribution in [3.63, 3.8) is 0 Å². The number of barbiturate groups is 1. The summed E-state index contributed by atoms with van der Waals surface area (Å²) in [5, 5.41) is 12.1. The van der Waals surface area contributed by atoms with E-state index in [1.165, 1.54) is 32.4 Å². The van der Waals surface area contributed by atoms with E-state index in [0.717, 1.165) is 11.3 Å². The third-order valence-electron chi connectivity index (χ3n) is 3.73. The van der Waals surface area contributed by atoms with Gasteiger partial charge in [-0.3, -0.25) is 19.8 Å². The molecule has 0 radical (unpaired) electrons. The first-order valence-electron chi connectivity index (χ1n) is 7.76. The van der Waals surface area contributed by atoms with Gasteiger partial charge < -0.3 is 14.6 Å². The highest BCUT2D eigenvalue weighted by atomic mass is 16.5. The maximum absolute atomic E-state index is 12.5. The average molecular weight is 348 g/mol. The number of phenols is 1. The predicted octanol–water partition coefficient (Wildman–Crippen LogP) is 1.67. The molecule has 0 spiro atoms. The van der Waals surface area contributed by atoms with Crippen LogP contribution >= 0.6 is 0 Å². The number of amides is 4. The number of phenolic OH excluding ortho intramolecular Hbond substituents is 1. The second-order valence-electron chi connectivity index (χ2n) is 5.40. The number of nitrogens with one attached hydrogen (secondary N) is 1. The lowest BCUT2D eigenvalue weighted by atomic mass is 10.1. The van der Waals surface area contributed by atoms with E-state index in [-0.39, 0.29) is 29.4 Å². The van der Waals surface area contributed by atoms with Crippen molar-refractivity contribution in [1.29, 1.82) is 0 Å². The number of aromatic hydroxyl groups is 1. The second-order valence-corrected chi connectivity index (χ2v) is 5.40. The second kappa shape index (κ2) is 7.69. The summed E-state index contributed by atoms with van der Waals surface area (Å²) in [5.41, 5.74) is 0.236. The zero-order valence-electron chi connectivity index (χ0n) is 14.3. The Hall–Kier alpha value is -3.03. The molecule has 2 N–H and O–H groups in total. The van der Waals surface area contributed by atoms with Crippen LogP contribution in [0, 0.1) is 0 Å². The number of hydrogen-bond donors (Lipinski definition) is 2. The summed E-state index contributed by atoms with van der Waals surface area (Å²) in [7, 11) is 2.74. The molecule has 134 valence electrons. The summed E-state index contributed by atoms with van der Waals surface area (Å²) in [6, 6.07) is 2.19. The van der Waals surface area contributed by atoms with Gasteiger partial charge in [-0.05, 0) is 30.2 Å². The highest BCUT2D eigenvalue weighted by molar-refractivity contribution is 6.31. The van der Waals surface area contributed by atoms with Gasteiger partial charge in [0.15, 0.2) is 11.5 Å². The SMILES string of the molecule is CCCCN1C(=O)NC(=O)/C(=C/c2cc(OC)c(O)c(OC)c2)C1=O. The van der Waals surface area contributed by atoms with Gasteiger partial charge in [-0.15, -0.1) is 0 Å². The molecule has 2 rings (SSSR count). The highest BCUT2D eigenvalue weighted by Gasteiger charge is 2.35. The van der Waals surface area contributed by atoms with Crippen molar-refractivity contribution in [1.82, 2.24) is 10.2 Å². The molecule has 1 aliphatic rings. The van der Waals surface area contributed by atoms with Crippen LogP contribution < -0.4 is 14.8 Å². The van der Waals surface area contributed by atoms with Crippen LogP contribution in [0.25, 0.3) is 6.08 Å². The molecular weight excluding hydrogens is 328 g/mol. The fraction of sp³-hybridized carbons (Fsp3) is 0.353. The number of carbonyl (C=O) groups is 3. The van der Waals surface area contributed by atoms with E-state index in [1.54, 1.807) is 0 Å². The Balaban J connectivity index is 2.43. The first kappa shape index (κ1) is 18.3. The van der Waals surface area contributed by atoms with E-state index >= 15 is 0 Å². The van der Waals surface area contributed by atoms with Crippen LogP contribution in [0.3, 0.4) is 0 Å². The largest absolute Gasteiger partial charge is 0.502 e. The van der Waals surface area contributed by atoms with Gasteiger partial charge in [-0.25, -0.2) is 4.79 Å². The monoisotopic (exact) mass is 348 g/mol. The molecule has 25 heavy (non-hydrogen) atoms. The standard InChI is InChI=1S/C17H20N2O6/c1-4-5-6-19-16(22)11(15(21)18-17(19)23)7-10-8-12(24-2)14(20)13(9-10)25-3/h7-9,20H,4-6H2,1-3H3,(H,18,21,23)/b11-7-. The van der Waals surface area contributed by atoms with Gasteiger partial charge in [0, 0.05) is 6.54 Å². The molecule has 0 bridgehead atoms. The molecular formula is C17H20N2O6. The lowest BCUT2D eigenvalue weighted by molar-refractivity contribution is -0.130. The number of nitrogens with zero attached hydrogens (tertiary/aromatic N) is 1. The van der Waals surface area contributed by atoms with E-state index < -0.39 is 17.8 Å². The van der Waals surface area contributed by atoms with Gasteiger partial charge in [0.25, 0.3) is 11.8 Å². The minimum Gasteiger partial charge on any atom is -0.502 e. The minimum absolute atomic E-state index is 0.133.